The van der Waals surface area contributed by atoms with Crippen LogP contribution in [0, 0.1) is 6.92 Å². The molecule has 0 spiro atoms. The maximum absolute atomic E-state index is 12.5. The van der Waals surface area contributed by atoms with Crippen molar-refractivity contribution in [2.45, 2.75) is 33.1 Å². The molecule has 0 unspecified atom stereocenters. The van der Waals surface area contributed by atoms with Gasteiger partial charge < -0.3 is 14.6 Å². The van der Waals surface area contributed by atoms with Gasteiger partial charge in [-0.05, 0) is 31.2 Å². The van der Waals surface area contributed by atoms with Gasteiger partial charge in [-0.15, -0.1) is 0 Å². The smallest absolute Gasteiger partial charge is 0.261 e. The Morgan fingerprint density at radius 2 is 1.86 bits per heavy atom. The molecule has 5 nitrogen and oxygen atoms in total. The summed E-state index contributed by atoms with van der Waals surface area (Å²) in [5.41, 5.74) is 1.59. The van der Waals surface area contributed by atoms with Gasteiger partial charge in [0.15, 0.2) is 0 Å². The summed E-state index contributed by atoms with van der Waals surface area (Å²) in [6, 6.07) is 7.16. The maximum Gasteiger partial charge on any atom is 0.261 e. The topological polar surface area (TPSA) is 64.4 Å². The van der Waals surface area contributed by atoms with Crippen LogP contribution in [0.3, 0.4) is 0 Å². The largest absolute Gasteiger partial charge is 0.497 e. The first-order valence-corrected chi connectivity index (χ1v) is 6.75. The lowest BCUT2D eigenvalue weighted by atomic mass is 9.88. The molecule has 0 radical (unpaired) electrons. The number of carbonyl (C=O) groups is 1. The van der Waals surface area contributed by atoms with E-state index in [0.717, 1.165) is 5.75 Å². The zero-order valence-corrected chi connectivity index (χ0v) is 13.0. The Labute approximate surface area is 124 Å². The molecule has 0 aliphatic rings. The third kappa shape index (κ3) is 3.24. The van der Waals surface area contributed by atoms with Crippen molar-refractivity contribution in [3.63, 3.8) is 0 Å². The molecule has 2 rings (SSSR count). The van der Waals surface area contributed by atoms with Gasteiger partial charge in [-0.3, -0.25) is 4.79 Å². The van der Waals surface area contributed by atoms with E-state index < -0.39 is 0 Å². The highest BCUT2D eigenvalue weighted by Gasteiger charge is 2.28. The van der Waals surface area contributed by atoms with Crippen molar-refractivity contribution in [3.05, 3.63) is 41.3 Å². The second-order valence-corrected chi connectivity index (χ2v) is 5.89. The minimum Gasteiger partial charge on any atom is -0.497 e. The molecule has 1 aromatic carbocycles. The standard InChI is InChI=1S/C16H20N2O3/c1-10-13(14(18-21-10)16(2,3)4)15(19)17-11-6-8-12(20-5)9-7-11/h6-9H,1-5H3,(H,17,19). The zero-order chi connectivity index (χ0) is 15.6. The van der Waals surface area contributed by atoms with Crippen LogP contribution >= 0.6 is 0 Å². The number of aromatic nitrogens is 1. The summed E-state index contributed by atoms with van der Waals surface area (Å²) < 4.78 is 10.3. The monoisotopic (exact) mass is 288 g/mol. The predicted octanol–water partition coefficient (Wildman–Crippen LogP) is 3.54. The summed E-state index contributed by atoms with van der Waals surface area (Å²) >= 11 is 0. The number of nitrogens with one attached hydrogen (secondary N) is 1. The molecule has 1 N–H and O–H groups in total. The predicted molar refractivity (Wildman–Crippen MR) is 80.9 cm³/mol. The molecule has 1 heterocycles. The summed E-state index contributed by atoms with van der Waals surface area (Å²) in [7, 11) is 1.60. The molecule has 2 aromatic rings. The van der Waals surface area contributed by atoms with Gasteiger partial charge in [-0.2, -0.15) is 0 Å². The lowest BCUT2D eigenvalue weighted by Gasteiger charge is -2.16. The Balaban J connectivity index is 2.26. The van der Waals surface area contributed by atoms with E-state index >= 15 is 0 Å². The van der Waals surface area contributed by atoms with Gasteiger partial charge in [-0.1, -0.05) is 25.9 Å². The molecule has 0 saturated heterocycles. The summed E-state index contributed by atoms with van der Waals surface area (Å²) in [5.74, 6) is 1.04. The van der Waals surface area contributed by atoms with E-state index in [9.17, 15) is 4.79 Å². The van der Waals surface area contributed by atoms with Gasteiger partial charge in [0.1, 0.15) is 22.8 Å². The molecular weight excluding hydrogens is 268 g/mol. The van der Waals surface area contributed by atoms with Crippen LogP contribution in [0.15, 0.2) is 28.8 Å². The number of carbonyl (C=O) groups excluding carboxylic acids is 1. The SMILES string of the molecule is COc1ccc(NC(=O)c2c(C(C)(C)C)noc2C)cc1. The number of rotatable bonds is 3. The Bertz CT molecular complexity index is 637. The lowest BCUT2D eigenvalue weighted by Crippen LogP contribution is -2.21. The fraction of sp³-hybridized carbons (Fsp3) is 0.375. The first-order chi connectivity index (χ1) is 9.82. The van der Waals surface area contributed by atoms with E-state index in [1.54, 1.807) is 38.3 Å². The molecule has 0 fully saturated rings. The highest BCUT2D eigenvalue weighted by molar-refractivity contribution is 6.05. The van der Waals surface area contributed by atoms with Gasteiger partial charge in [0, 0.05) is 11.1 Å². The normalized spacial score (nSPS) is 11.3. The van der Waals surface area contributed by atoms with E-state index in [1.165, 1.54) is 0 Å². The highest BCUT2D eigenvalue weighted by atomic mass is 16.5. The van der Waals surface area contributed by atoms with Crippen molar-refractivity contribution in [1.82, 2.24) is 5.16 Å². The second kappa shape index (κ2) is 5.60. The third-order valence-electron chi connectivity index (χ3n) is 3.15. The first-order valence-electron chi connectivity index (χ1n) is 6.75. The van der Waals surface area contributed by atoms with Crippen LogP contribution in [0.25, 0.3) is 0 Å². The van der Waals surface area contributed by atoms with Crippen LogP contribution in [-0.2, 0) is 5.41 Å². The van der Waals surface area contributed by atoms with Crippen molar-refractivity contribution in [2.75, 3.05) is 12.4 Å². The molecule has 1 aromatic heterocycles. The number of methoxy groups -OCH3 is 1. The van der Waals surface area contributed by atoms with Crippen LogP contribution in [0.4, 0.5) is 5.69 Å². The minimum absolute atomic E-state index is 0.219. The van der Waals surface area contributed by atoms with Crippen molar-refractivity contribution < 1.29 is 14.1 Å². The van der Waals surface area contributed by atoms with Gasteiger partial charge >= 0.3 is 0 Å². The average molecular weight is 288 g/mol. The molecule has 0 atom stereocenters. The van der Waals surface area contributed by atoms with E-state index in [0.29, 0.717) is 22.7 Å². The molecule has 0 saturated carbocycles. The molecule has 0 bridgehead atoms. The number of ether oxygens (including phenoxy) is 1. The molecule has 5 heteroatoms. The maximum atomic E-state index is 12.5. The fourth-order valence-corrected chi connectivity index (χ4v) is 2.02. The number of anilines is 1. The van der Waals surface area contributed by atoms with Crippen LogP contribution in [-0.4, -0.2) is 18.2 Å². The van der Waals surface area contributed by atoms with Gasteiger partial charge in [0.25, 0.3) is 5.91 Å². The van der Waals surface area contributed by atoms with Crippen LogP contribution < -0.4 is 10.1 Å². The number of hydrogen-bond acceptors (Lipinski definition) is 4. The van der Waals surface area contributed by atoms with E-state index in [-0.39, 0.29) is 11.3 Å². The Kier molecular flexibility index (Phi) is 4.02. The summed E-state index contributed by atoms with van der Waals surface area (Å²) in [6.07, 6.45) is 0. The fourth-order valence-electron chi connectivity index (χ4n) is 2.02. The van der Waals surface area contributed by atoms with Crippen molar-refractivity contribution in [1.29, 1.82) is 0 Å². The highest BCUT2D eigenvalue weighted by Crippen LogP contribution is 2.27. The Morgan fingerprint density at radius 3 is 2.38 bits per heavy atom. The molecule has 1 amide bonds. The summed E-state index contributed by atoms with van der Waals surface area (Å²) in [6.45, 7) is 7.72. The first kappa shape index (κ1) is 15.1. The van der Waals surface area contributed by atoms with E-state index in [2.05, 4.69) is 10.5 Å². The second-order valence-electron chi connectivity index (χ2n) is 5.89. The number of aryl methyl sites for hydroxylation is 1. The number of amides is 1. The number of benzene rings is 1. The minimum atomic E-state index is -0.260. The van der Waals surface area contributed by atoms with Gasteiger partial charge in [-0.25, -0.2) is 0 Å². The van der Waals surface area contributed by atoms with Gasteiger partial charge in [0.2, 0.25) is 0 Å². The van der Waals surface area contributed by atoms with Crippen LogP contribution in [0.1, 0.15) is 42.6 Å². The molecule has 0 aliphatic heterocycles. The van der Waals surface area contributed by atoms with Gasteiger partial charge in [0.05, 0.1) is 7.11 Å². The molecular formula is C16H20N2O3. The number of hydrogen-bond donors (Lipinski definition) is 1. The van der Waals surface area contributed by atoms with E-state index in [4.69, 9.17) is 9.26 Å². The van der Waals surface area contributed by atoms with E-state index in [1.807, 2.05) is 20.8 Å². The van der Waals surface area contributed by atoms with Crippen molar-refractivity contribution >= 4 is 11.6 Å². The summed E-state index contributed by atoms with van der Waals surface area (Å²) in [5, 5.41) is 6.88. The molecule has 0 aliphatic carbocycles. The van der Waals surface area contributed by atoms with Crippen molar-refractivity contribution in [2.24, 2.45) is 0 Å². The summed E-state index contributed by atoms with van der Waals surface area (Å²) in [4.78, 5) is 12.5. The molecule has 112 valence electrons. The van der Waals surface area contributed by atoms with Crippen LogP contribution in [0.2, 0.25) is 0 Å². The lowest BCUT2D eigenvalue weighted by molar-refractivity contribution is 0.102. The van der Waals surface area contributed by atoms with Crippen LogP contribution in [0.5, 0.6) is 5.75 Å². The molecule has 21 heavy (non-hydrogen) atoms. The average Bonchev–Trinajstić information content (AvgIpc) is 2.81. The Morgan fingerprint density at radius 1 is 1.24 bits per heavy atom. The van der Waals surface area contributed by atoms with Crippen molar-refractivity contribution in [3.8, 4) is 5.75 Å². The third-order valence-corrected chi connectivity index (χ3v) is 3.15. The zero-order valence-electron chi connectivity index (χ0n) is 13.0. The quantitative estimate of drug-likeness (QED) is 0.938. The number of nitrogens with zero attached hydrogens (tertiary/aromatic N) is 1. The Hall–Kier alpha value is -2.30.